The molecule has 0 aromatic rings. The summed E-state index contributed by atoms with van der Waals surface area (Å²) >= 11 is 0. The van der Waals surface area contributed by atoms with Crippen LogP contribution in [0.1, 0.15) is 19.8 Å². The van der Waals surface area contributed by atoms with Crippen LogP contribution in [0.2, 0.25) is 0 Å². The van der Waals surface area contributed by atoms with Crippen LogP contribution in [-0.2, 0) is 9.59 Å². The minimum absolute atomic E-state index is 0.135. The van der Waals surface area contributed by atoms with E-state index in [9.17, 15) is 24.2 Å². The number of quaternary nitrogens is 1. The molecular formula is C10H18FNO4. The van der Waals surface area contributed by atoms with Gasteiger partial charge in [-0.25, -0.2) is 0 Å². The standard InChI is InChI=1S/C10H18FNO4/c1-5-7(13)10(16,6-8(14)15)9(11)12(2,3)4/h9,16H,5-6H2,1-4H3/t9?,10-/m0/s1. The van der Waals surface area contributed by atoms with E-state index in [1.807, 2.05) is 0 Å². The van der Waals surface area contributed by atoms with E-state index in [4.69, 9.17) is 0 Å². The molecular weight excluding hydrogens is 217 g/mol. The van der Waals surface area contributed by atoms with Crippen molar-refractivity contribution in [3.63, 3.8) is 0 Å². The number of Topliss-reactive ketones (excluding diaryl/α,β-unsaturated/α-hetero) is 1. The summed E-state index contributed by atoms with van der Waals surface area (Å²) in [6.45, 7) is 1.44. The molecule has 16 heavy (non-hydrogen) atoms. The smallest absolute Gasteiger partial charge is 0.267 e. The van der Waals surface area contributed by atoms with Crippen molar-refractivity contribution in [1.82, 2.24) is 0 Å². The maximum Gasteiger partial charge on any atom is 0.267 e. The Labute approximate surface area is 94.1 Å². The molecule has 0 amide bonds. The monoisotopic (exact) mass is 235 g/mol. The number of likely N-dealkylation sites (N-methyl/N-ethyl adjacent to an activating group) is 1. The van der Waals surface area contributed by atoms with E-state index in [2.05, 4.69) is 0 Å². The van der Waals surface area contributed by atoms with E-state index < -0.39 is 30.1 Å². The summed E-state index contributed by atoms with van der Waals surface area (Å²) in [7, 11) is 4.27. The van der Waals surface area contributed by atoms with Crippen LogP contribution < -0.4 is 5.11 Å². The van der Waals surface area contributed by atoms with Gasteiger partial charge in [0.25, 0.3) is 6.30 Å². The van der Waals surface area contributed by atoms with Crippen molar-refractivity contribution in [2.24, 2.45) is 0 Å². The van der Waals surface area contributed by atoms with Crippen molar-refractivity contribution >= 4 is 11.8 Å². The molecule has 94 valence electrons. The van der Waals surface area contributed by atoms with E-state index in [-0.39, 0.29) is 10.9 Å². The van der Waals surface area contributed by atoms with Crippen molar-refractivity contribution in [2.75, 3.05) is 21.1 Å². The van der Waals surface area contributed by atoms with Gasteiger partial charge in [0.15, 0.2) is 5.78 Å². The Morgan fingerprint density at radius 3 is 2.12 bits per heavy atom. The highest BCUT2D eigenvalue weighted by Gasteiger charge is 2.50. The third kappa shape index (κ3) is 3.24. The molecule has 0 aromatic heterocycles. The normalized spacial score (nSPS) is 17.6. The van der Waals surface area contributed by atoms with Gasteiger partial charge in [-0.15, -0.1) is 0 Å². The fraction of sp³-hybridized carbons (Fsp3) is 0.800. The highest BCUT2D eigenvalue weighted by molar-refractivity contribution is 5.90. The van der Waals surface area contributed by atoms with Crippen LogP contribution in [0.4, 0.5) is 4.39 Å². The number of carboxylic acid groups (broad SMARTS) is 1. The molecule has 0 aliphatic carbocycles. The first kappa shape index (κ1) is 15.0. The molecule has 0 aromatic carbocycles. The Morgan fingerprint density at radius 2 is 1.88 bits per heavy atom. The van der Waals surface area contributed by atoms with Gasteiger partial charge < -0.3 is 15.0 Å². The molecule has 0 saturated heterocycles. The van der Waals surface area contributed by atoms with E-state index >= 15 is 0 Å². The number of nitrogens with zero attached hydrogens (tertiary/aromatic N) is 1. The fourth-order valence-electron chi connectivity index (χ4n) is 1.48. The first-order chi connectivity index (χ1) is 7.05. The number of carbonyl (C=O) groups excluding carboxylic acids is 2. The number of rotatable bonds is 6. The largest absolute Gasteiger partial charge is 0.550 e. The molecule has 2 atom stereocenters. The van der Waals surface area contributed by atoms with Crippen LogP contribution in [0.15, 0.2) is 0 Å². The zero-order valence-electron chi connectivity index (χ0n) is 9.99. The molecule has 6 heteroatoms. The lowest BCUT2D eigenvalue weighted by atomic mass is 9.90. The van der Waals surface area contributed by atoms with Crippen molar-refractivity contribution < 1.29 is 28.7 Å². The summed E-state index contributed by atoms with van der Waals surface area (Å²) in [5.41, 5.74) is -2.52. The van der Waals surface area contributed by atoms with Gasteiger partial charge in [-0.2, -0.15) is 4.39 Å². The van der Waals surface area contributed by atoms with Crippen LogP contribution in [0.25, 0.3) is 0 Å². The summed E-state index contributed by atoms with van der Waals surface area (Å²) in [5, 5.41) is 20.4. The van der Waals surface area contributed by atoms with Gasteiger partial charge in [0.1, 0.15) is 0 Å². The summed E-state index contributed by atoms with van der Waals surface area (Å²) in [6, 6.07) is 0. The van der Waals surface area contributed by atoms with Crippen molar-refractivity contribution in [3.8, 4) is 0 Å². The molecule has 1 unspecified atom stereocenters. The topological polar surface area (TPSA) is 77.4 Å². The number of hydrogen-bond donors (Lipinski definition) is 1. The zero-order chi connectivity index (χ0) is 13.1. The predicted molar refractivity (Wildman–Crippen MR) is 52.8 cm³/mol. The van der Waals surface area contributed by atoms with Gasteiger partial charge in [0, 0.05) is 18.8 Å². The van der Waals surface area contributed by atoms with Crippen molar-refractivity contribution in [1.29, 1.82) is 0 Å². The molecule has 0 heterocycles. The Balaban J connectivity index is 5.23. The van der Waals surface area contributed by atoms with E-state index in [0.29, 0.717) is 0 Å². The van der Waals surface area contributed by atoms with Gasteiger partial charge in [-0.3, -0.25) is 9.28 Å². The third-order valence-corrected chi connectivity index (χ3v) is 2.29. The Morgan fingerprint density at radius 1 is 1.44 bits per heavy atom. The third-order valence-electron chi connectivity index (χ3n) is 2.29. The zero-order valence-corrected chi connectivity index (χ0v) is 9.99. The number of alkyl halides is 1. The first-order valence-corrected chi connectivity index (χ1v) is 4.96. The van der Waals surface area contributed by atoms with Crippen LogP contribution in [0, 0.1) is 0 Å². The minimum Gasteiger partial charge on any atom is -0.550 e. The molecule has 0 aliphatic heterocycles. The molecule has 0 saturated carbocycles. The van der Waals surface area contributed by atoms with Crippen LogP contribution in [0.3, 0.4) is 0 Å². The Kier molecular flexibility index (Phi) is 4.57. The summed E-state index contributed by atoms with van der Waals surface area (Å²) in [6.07, 6.45) is -3.18. The second-order valence-electron chi connectivity index (χ2n) is 4.70. The van der Waals surface area contributed by atoms with Gasteiger partial charge in [-0.1, -0.05) is 6.92 Å². The lowest BCUT2D eigenvalue weighted by Crippen LogP contribution is -2.61. The minimum atomic E-state index is -2.52. The molecule has 0 fully saturated rings. The number of carbonyl (C=O) groups is 2. The molecule has 5 nitrogen and oxygen atoms in total. The molecule has 0 bridgehead atoms. The number of halogens is 1. The molecule has 0 rings (SSSR count). The quantitative estimate of drug-likeness (QED) is 0.465. The summed E-state index contributed by atoms with van der Waals surface area (Å²) < 4.78 is 13.6. The lowest BCUT2D eigenvalue weighted by molar-refractivity contribution is -0.917. The summed E-state index contributed by atoms with van der Waals surface area (Å²) in [5.74, 6) is -2.49. The highest BCUT2D eigenvalue weighted by Crippen LogP contribution is 2.26. The van der Waals surface area contributed by atoms with Crippen molar-refractivity contribution in [3.05, 3.63) is 0 Å². The number of aliphatic carboxylic acids is 1. The van der Waals surface area contributed by atoms with Gasteiger partial charge in [-0.05, 0) is 0 Å². The fourth-order valence-corrected chi connectivity index (χ4v) is 1.48. The average molecular weight is 235 g/mol. The van der Waals surface area contributed by atoms with Crippen LogP contribution in [-0.4, -0.2) is 54.4 Å². The molecule has 0 spiro atoms. The second kappa shape index (κ2) is 4.88. The number of carboxylic acids is 1. The van der Waals surface area contributed by atoms with E-state index in [1.54, 1.807) is 0 Å². The lowest BCUT2D eigenvalue weighted by Gasteiger charge is -2.38. The molecule has 0 radical (unpaired) electrons. The van der Waals surface area contributed by atoms with Crippen LogP contribution in [0.5, 0.6) is 0 Å². The number of hydrogen-bond acceptors (Lipinski definition) is 4. The molecule has 1 N–H and O–H groups in total. The first-order valence-electron chi connectivity index (χ1n) is 4.96. The Bertz CT molecular complexity index is 287. The maximum atomic E-state index is 14.0. The van der Waals surface area contributed by atoms with Crippen molar-refractivity contribution in [2.45, 2.75) is 31.7 Å². The average Bonchev–Trinajstić information content (AvgIpc) is 2.12. The van der Waals surface area contributed by atoms with E-state index in [1.165, 1.54) is 28.1 Å². The SMILES string of the molecule is CCC(=O)[C@@](O)(CC(=O)[O-])C(F)[N+](C)(C)C. The second-order valence-corrected chi connectivity index (χ2v) is 4.70. The van der Waals surface area contributed by atoms with Gasteiger partial charge in [0.2, 0.25) is 5.60 Å². The number of ketones is 1. The Hall–Kier alpha value is -1.01. The van der Waals surface area contributed by atoms with E-state index in [0.717, 1.165) is 0 Å². The van der Waals surface area contributed by atoms with Crippen LogP contribution >= 0.6 is 0 Å². The number of aliphatic hydroxyl groups is 1. The predicted octanol–water partition coefficient (Wildman–Crippen LogP) is -1.16. The van der Waals surface area contributed by atoms with Gasteiger partial charge in [0.05, 0.1) is 21.1 Å². The summed E-state index contributed by atoms with van der Waals surface area (Å²) in [4.78, 5) is 21.9. The maximum absolute atomic E-state index is 14.0. The highest BCUT2D eigenvalue weighted by atomic mass is 19.1. The molecule has 0 aliphatic rings. The van der Waals surface area contributed by atoms with Gasteiger partial charge >= 0.3 is 0 Å².